The molecule has 3 N–H and O–H groups in total. The van der Waals surface area contributed by atoms with Crippen molar-refractivity contribution in [2.24, 2.45) is 5.41 Å². The fourth-order valence-electron chi connectivity index (χ4n) is 3.32. The molecule has 0 aliphatic carbocycles. The summed E-state index contributed by atoms with van der Waals surface area (Å²) in [5.41, 5.74) is 1.84. The predicted octanol–water partition coefficient (Wildman–Crippen LogP) is 3.25. The van der Waals surface area contributed by atoms with Gasteiger partial charge in [0.15, 0.2) is 0 Å². The van der Waals surface area contributed by atoms with Gasteiger partial charge in [-0.25, -0.2) is 4.79 Å². The Bertz CT molecular complexity index is 529. The number of anilines is 1. The second-order valence-electron chi connectivity index (χ2n) is 7.17. The molecule has 0 atom stereocenters. The zero-order chi connectivity index (χ0) is 18.1. The number of hydrogen-bond acceptors (Lipinski definition) is 3. The molecule has 2 rings (SSSR count). The van der Waals surface area contributed by atoms with Crippen molar-refractivity contribution in [3.8, 4) is 0 Å². The molecule has 0 aromatic heterocycles. The SMILES string of the molecule is CCC(CC)(CO)CNC(=O)Nc1cccc(CCN2CCCC2)c1. The Kier molecular flexibility index (Phi) is 7.72. The number of nitrogens with zero attached hydrogens (tertiary/aromatic N) is 1. The van der Waals surface area contributed by atoms with Crippen LogP contribution in [0.2, 0.25) is 0 Å². The minimum Gasteiger partial charge on any atom is -0.396 e. The van der Waals surface area contributed by atoms with E-state index in [-0.39, 0.29) is 18.1 Å². The van der Waals surface area contributed by atoms with Gasteiger partial charge < -0.3 is 20.6 Å². The van der Waals surface area contributed by atoms with E-state index in [0.29, 0.717) is 6.54 Å². The molecule has 0 saturated carbocycles. The molecule has 1 heterocycles. The first-order valence-corrected chi connectivity index (χ1v) is 9.58. The van der Waals surface area contributed by atoms with Gasteiger partial charge in [0.1, 0.15) is 0 Å². The number of carbonyl (C=O) groups excluding carboxylic acids is 1. The first-order valence-electron chi connectivity index (χ1n) is 9.58. The topological polar surface area (TPSA) is 64.6 Å². The molecular weight excluding hydrogens is 314 g/mol. The summed E-state index contributed by atoms with van der Waals surface area (Å²) in [6.07, 6.45) is 5.31. The van der Waals surface area contributed by atoms with Gasteiger partial charge in [0, 0.05) is 24.2 Å². The van der Waals surface area contributed by atoms with Crippen LogP contribution in [-0.4, -0.2) is 48.8 Å². The Balaban J connectivity index is 1.82. The number of amides is 2. The first-order chi connectivity index (χ1) is 12.1. The number of benzene rings is 1. The number of aliphatic hydroxyl groups excluding tert-OH is 1. The average Bonchev–Trinajstić information content (AvgIpc) is 3.16. The fraction of sp³-hybridized carbons (Fsp3) is 0.650. The number of hydrogen-bond donors (Lipinski definition) is 3. The quantitative estimate of drug-likeness (QED) is 0.642. The lowest BCUT2D eigenvalue weighted by Crippen LogP contribution is -2.41. The molecular formula is C20H33N3O2. The first kappa shape index (κ1) is 19.7. The van der Waals surface area contributed by atoms with E-state index in [4.69, 9.17) is 0 Å². The Hall–Kier alpha value is -1.59. The van der Waals surface area contributed by atoms with Crippen molar-refractivity contribution < 1.29 is 9.90 Å². The van der Waals surface area contributed by atoms with Gasteiger partial charge in [-0.1, -0.05) is 26.0 Å². The standard InChI is InChI=1S/C20H33N3O2/c1-3-20(4-2,16-24)15-21-19(25)22-18-9-7-8-17(14-18)10-13-23-11-5-6-12-23/h7-9,14,24H,3-6,10-13,15-16H2,1-2H3,(H2,21,22,25). The molecule has 1 aromatic rings. The van der Waals surface area contributed by atoms with Crippen molar-refractivity contribution in [3.05, 3.63) is 29.8 Å². The van der Waals surface area contributed by atoms with Crippen LogP contribution in [0.3, 0.4) is 0 Å². The third-order valence-electron chi connectivity index (χ3n) is 5.56. The summed E-state index contributed by atoms with van der Waals surface area (Å²) in [6, 6.07) is 7.86. The highest BCUT2D eigenvalue weighted by Crippen LogP contribution is 2.24. The molecule has 1 aliphatic rings. The second kappa shape index (κ2) is 9.78. The lowest BCUT2D eigenvalue weighted by atomic mass is 9.83. The fourth-order valence-corrected chi connectivity index (χ4v) is 3.32. The summed E-state index contributed by atoms with van der Waals surface area (Å²) in [5.74, 6) is 0. The summed E-state index contributed by atoms with van der Waals surface area (Å²) >= 11 is 0. The molecule has 0 radical (unpaired) electrons. The molecule has 5 nitrogen and oxygen atoms in total. The van der Waals surface area contributed by atoms with Gasteiger partial charge in [0.2, 0.25) is 0 Å². The molecule has 140 valence electrons. The van der Waals surface area contributed by atoms with Crippen molar-refractivity contribution >= 4 is 11.7 Å². The summed E-state index contributed by atoms with van der Waals surface area (Å²) in [6.45, 7) is 8.17. The normalized spacial score (nSPS) is 15.3. The van der Waals surface area contributed by atoms with Gasteiger partial charge in [0.25, 0.3) is 0 Å². The Labute approximate surface area is 151 Å². The third kappa shape index (κ3) is 6.01. The van der Waals surface area contributed by atoms with Crippen LogP contribution in [-0.2, 0) is 6.42 Å². The minimum absolute atomic E-state index is 0.0895. The van der Waals surface area contributed by atoms with Gasteiger partial charge in [0.05, 0.1) is 6.61 Å². The van der Waals surface area contributed by atoms with Gasteiger partial charge >= 0.3 is 6.03 Å². The Morgan fingerprint density at radius 2 is 1.96 bits per heavy atom. The van der Waals surface area contributed by atoms with E-state index in [0.717, 1.165) is 31.5 Å². The molecule has 0 spiro atoms. The summed E-state index contributed by atoms with van der Waals surface area (Å²) < 4.78 is 0. The van der Waals surface area contributed by atoms with E-state index in [1.54, 1.807) is 0 Å². The molecule has 5 heteroatoms. The van der Waals surface area contributed by atoms with Crippen LogP contribution in [0.15, 0.2) is 24.3 Å². The molecule has 0 unspecified atom stereocenters. The van der Waals surface area contributed by atoms with Gasteiger partial charge in [-0.2, -0.15) is 0 Å². The van der Waals surface area contributed by atoms with E-state index in [1.165, 1.54) is 31.5 Å². The van der Waals surface area contributed by atoms with E-state index in [1.807, 2.05) is 26.0 Å². The van der Waals surface area contributed by atoms with Crippen molar-refractivity contribution in [2.75, 3.05) is 38.1 Å². The van der Waals surface area contributed by atoms with Crippen molar-refractivity contribution in [1.29, 1.82) is 0 Å². The predicted molar refractivity (Wildman–Crippen MR) is 103 cm³/mol. The number of rotatable bonds is 9. The lowest BCUT2D eigenvalue weighted by molar-refractivity contribution is 0.116. The number of nitrogens with one attached hydrogen (secondary N) is 2. The number of aliphatic hydroxyl groups is 1. The third-order valence-corrected chi connectivity index (χ3v) is 5.56. The number of urea groups is 1. The molecule has 0 bridgehead atoms. The lowest BCUT2D eigenvalue weighted by Gasteiger charge is -2.29. The molecule has 1 saturated heterocycles. The average molecular weight is 348 g/mol. The van der Waals surface area contributed by atoms with Crippen LogP contribution in [0, 0.1) is 5.41 Å². The van der Waals surface area contributed by atoms with E-state index < -0.39 is 0 Å². The zero-order valence-corrected chi connectivity index (χ0v) is 15.7. The van der Waals surface area contributed by atoms with E-state index in [9.17, 15) is 9.90 Å². The van der Waals surface area contributed by atoms with Crippen LogP contribution in [0.4, 0.5) is 10.5 Å². The van der Waals surface area contributed by atoms with Crippen LogP contribution < -0.4 is 10.6 Å². The van der Waals surface area contributed by atoms with E-state index in [2.05, 4.69) is 27.7 Å². The maximum absolute atomic E-state index is 12.2. The molecule has 2 amide bonds. The second-order valence-corrected chi connectivity index (χ2v) is 7.17. The smallest absolute Gasteiger partial charge is 0.319 e. The molecule has 1 aromatic carbocycles. The zero-order valence-electron chi connectivity index (χ0n) is 15.7. The number of likely N-dealkylation sites (tertiary alicyclic amines) is 1. The minimum atomic E-state index is -0.227. The van der Waals surface area contributed by atoms with Crippen molar-refractivity contribution in [3.63, 3.8) is 0 Å². The molecule has 1 fully saturated rings. The van der Waals surface area contributed by atoms with Crippen LogP contribution in [0.25, 0.3) is 0 Å². The highest BCUT2D eigenvalue weighted by molar-refractivity contribution is 5.89. The van der Waals surface area contributed by atoms with Gasteiger partial charge in [-0.05, 0) is 62.9 Å². The maximum atomic E-state index is 12.2. The van der Waals surface area contributed by atoms with Crippen molar-refractivity contribution in [1.82, 2.24) is 10.2 Å². The largest absolute Gasteiger partial charge is 0.396 e. The maximum Gasteiger partial charge on any atom is 0.319 e. The van der Waals surface area contributed by atoms with Crippen LogP contribution >= 0.6 is 0 Å². The number of carbonyl (C=O) groups is 1. The van der Waals surface area contributed by atoms with Crippen LogP contribution in [0.1, 0.15) is 45.1 Å². The van der Waals surface area contributed by atoms with Gasteiger partial charge in [-0.15, -0.1) is 0 Å². The monoisotopic (exact) mass is 347 g/mol. The Morgan fingerprint density at radius 1 is 1.24 bits per heavy atom. The van der Waals surface area contributed by atoms with Crippen molar-refractivity contribution in [2.45, 2.75) is 46.0 Å². The van der Waals surface area contributed by atoms with E-state index >= 15 is 0 Å². The highest BCUT2D eigenvalue weighted by atomic mass is 16.3. The Morgan fingerprint density at radius 3 is 2.60 bits per heavy atom. The summed E-state index contributed by atoms with van der Waals surface area (Å²) in [4.78, 5) is 14.7. The van der Waals surface area contributed by atoms with Crippen LogP contribution in [0.5, 0.6) is 0 Å². The summed E-state index contributed by atoms with van der Waals surface area (Å²) in [5, 5.41) is 15.4. The van der Waals surface area contributed by atoms with Gasteiger partial charge in [-0.3, -0.25) is 0 Å². The molecule has 1 aliphatic heterocycles. The molecule has 25 heavy (non-hydrogen) atoms. The highest BCUT2D eigenvalue weighted by Gasteiger charge is 2.25. The summed E-state index contributed by atoms with van der Waals surface area (Å²) in [7, 11) is 0.